The Hall–Kier alpha value is -0.380. The fourth-order valence-corrected chi connectivity index (χ4v) is 4.62. The second kappa shape index (κ2) is 6.59. The highest BCUT2D eigenvalue weighted by Crippen LogP contribution is 2.34. The topological polar surface area (TPSA) is 24.1 Å². The van der Waals surface area contributed by atoms with E-state index in [0.717, 1.165) is 12.0 Å². The first-order valence-corrected chi connectivity index (χ1v) is 8.79. The van der Waals surface area contributed by atoms with Gasteiger partial charge in [-0.2, -0.15) is 0 Å². The number of hydrogen-bond acceptors (Lipinski definition) is 2. The van der Waals surface area contributed by atoms with Crippen molar-refractivity contribution in [3.05, 3.63) is 34.3 Å². The summed E-state index contributed by atoms with van der Waals surface area (Å²) in [5.41, 5.74) is 1.37. The maximum Gasteiger partial charge on any atom is 0.0305 e. The predicted octanol–water partition coefficient (Wildman–Crippen LogP) is 4.02. The number of halogens is 1. The van der Waals surface area contributed by atoms with Crippen LogP contribution in [0.25, 0.3) is 0 Å². The molecule has 0 amide bonds. The van der Waals surface area contributed by atoms with E-state index in [1.165, 1.54) is 48.7 Å². The first kappa shape index (κ1) is 14.6. The Labute approximate surface area is 130 Å². The summed E-state index contributed by atoms with van der Waals surface area (Å²) in [6.45, 7) is 3.51. The van der Waals surface area contributed by atoms with Crippen LogP contribution >= 0.6 is 15.9 Å². The smallest absolute Gasteiger partial charge is 0.0305 e. The maximum absolute atomic E-state index is 3.89. The summed E-state index contributed by atoms with van der Waals surface area (Å²) in [5, 5.41) is 7.60. The van der Waals surface area contributed by atoms with Crippen LogP contribution in [-0.2, 0) is 0 Å². The minimum Gasteiger partial charge on any atom is -0.314 e. The lowest BCUT2D eigenvalue weighted by molar-refractivity contribution is 0.303. The van der Waals surface area contributed by atoms with Crippen molar-refractivity contribution < 1.29 is 0 Å². The van der Waals surface area contributed by atoms with Crippen LogP contribution in [0.3, 0.4) is 0 Å². The number of nitrogens with one attached hydrogen (secondary N) is 2. The number of rotatable bonds is 4. The largest absolute Gasteiger partial charge is 0.314 e. The van der Waals surface area contributed by atoms with Crippen LogP contribution in [0.2, 0.25) is 0 Å². The van der Waals surface area contributed by atoms with Crippen molar-refractivity contribution in [2.75, 3.05) is 6.54 Å². The third-order valence-electron chi connectivity index (χ3n) is 5.02. The Bertz CT molecular complexity index is 442. The molecule has 2 aliphatic rings. The van der Waals surface area contributed by atoms with E-state index in [1.54, 1.807) is 0 Å². The first-order valence-electron chi connectivity index (χ1n) is 7.99. The van der Waals surface area contributed by atoms with E-state index in [-0.39, 0.29) is 0 Å². The Morgan fingerprint density at radius 1 is 1.20 bits per heavy atom. The fraction of sp³-hybridized carbons (Fsp3) is 0.647. The molecular weight excluding hydrogens is 312 g/mol. The number of benzene rings is 1. The summed E-state index contributed by atoms with van der Waals surface area (Å²) in [5.74, 6) is 0.822. The SMILES string of the molecule is CC(NC1CCCC1C1CCCN1)c1ccccc1Br. The molecule has 1 heterocycles. The Morgan fingerprint density at radius 2 is 2.05 bits per heavy atom. The molecule has 0 spiro atoms. The van der Waals surface area contributed by atoms with Gasteiger partial charge in [-0.05, 0) is 56.7 Å². The molecule has 2 fully saturated rings. The van der Waals surface area contributed by atoms with Crippen LogP contribution in [-0.4, -0.2) is 18.6 Å². The first-order chi connectivity index (χ1) is 9.75. The summed E-state index contributed by atoms with van der Waals surface area (Å²) >= 11 is 3.68. The molecule has 2 nitrogen and oxygen atoms in total. The second-order valence-corrected chi connectivity index (χ2v) is 7.17. The van der Waals surface area contributed by atoms with Crippen molar-refractivity contribution in [1.29, 1.82) is 0 Å². The summed E-state index contributed by atoms with van der Waals surface area (Å²) in [6.07, 6.45) is 6.82. The highest BCUT2D eigenvalue weighted by Gasteiger charge is 2.35. The molecular formula is C17H25BrN2. The van der Waals surface area contributed by atoms with Gasteiger partial charge in [-0.3, -0.25) is 0 Å². The monoisotopic (exact) mass is 336 g/mol. The van der Waals surface area contributed by atoms with E-state index in [0.29, 0.717) is 12.1 Å². The lowest BCUT2D eigenvalue weighted by Gasteiger charge is -2.29. The van der Waals surface area contributed by atoms with Crippen molar-refractivity contribution in [2.45, 2.75) is 57.2 Å². The predicted molar refractivity (Wildman–Crippen MR) is 87.8 cm³/mol. The fourth-order valence-electron chi connectivity index (χ4n) is 3.99. The minimum atomic E-state index is 0.414. The molecule has 110 valence electrons. The van der Waals surface area contributed by atoms with E-state index >= 15 is 0 Å². The normalized spacial score (nSPS) is 31.6. The third-order valence-corrected chi connectivity index (χ3v) is 5.74. The minimum absolute atomic E-state index is 0.414. The van der Waals surface area contributed by atoms with E-state index < -0.39 is 0 Å². The van der Waals surface area contributed by atoms with Gasteiger partial charge in [-0.1, -0.05) is 40.5 Å². The van der Waals surface area contributed by atoms with Gasteiger partial charge >= 0.3 is 0 Å². The van der Waals surface area contributed by atoms with Crippen molar-refractivity contribution >= 4 is 15.9 Å². The molecule has 1 aliphatic carbocycles. The summed E-state index contributed by atoms with van der Waals surface area (Å²) in [6, 6.07) is 10.4. The molecule has 0 aromatic heterocycles. The molecule has 3 heteroatoms. The van der Waals surface area contributed by atoms with Gasteiger partial charge in [0.1, 0.15) is 0 Å². The van der Waals surface area contributed by atoms with Gasteiger partial charge < -0.3 is 10.6 Å². The molecule has 1 aliphatic heterocycles. The van der Waals surface area contributed by atoms with E-state index in [4.69, 9.17) is 0 Å². The Morgan fingerprint density at radius 3 is 2.80 bits per heavy atom. The van der Waals surface area contributed by atoms with Crippen LogP contribution in [0, 0.1) is 5.92 Å². The molecule has 1 aromatic carbocycles. The molecule has 20 heavy (non-hydrogen) atoms. The van der Waals surface area contributed by atoms with E-state index in [2.05, 4.69) is 57.8 Å². The Balaban J connectivity index is 1.65. The zero-order valence-electron chi connectivity index (χ0n) is 12.2. The molecule has 4 unspecified atom stereocenters. The Kier molecular flexibility index (Phi) is 4.79. The van der Waals surface area contributed by atoms with Crippen LogP contribution < -0.4 is 10.6 Å². The summed E-state index contributed by atoms with van der Waals surface area (Å²) < 4.78 is 1.22. The molecule has 4 atom stereocenters. The van der Waals surface area contributed by atoms with Crippen LogP contribution in [0.5, 0.6) is 0 Å². The molecule has 2 N–H and O–H groups in total. The van der Waals surface area contributed by atoms with Gasteiger partial charge in [0, 0.05) is 22.6 Å². The van der Waals surface area contributed by atoms with Crippen molar-refractivity contribution in [3.8, 4) is 0 Å². The molecule has 1 saturated heterocycles. The summed E-state index contributed by atoms with van der Waals surface area (Å²) in [4.78, 5) is 0. The zero-order valence-corrected chi connectivity index (χ0v) is 13.8. The zero-order chi connectivity index (χ0) is 13.9. The van der Waals surface area contributed by atoms with Crippen LogP contribution in [0.1, 0.15) is 50.6 Å². The van der Waals surface area contributed by atoms with E-state index in [1.807, 2.05) is 0 Å². The molecule has 3 rings (SSSR count). The molecule has 1 aromatic rings. The van der Waals surface area contributed by atoms with Crippen molar-refractivity contribution in [1.82, 2.24) is 10.6 Å². The highest BCUT2D eigenvalue weighted by molar-refractivity contribution is 9.10. The van der Waals surface area contributed by atoms with Gasteiger partial charge in [0.2, 0.25) is 0 Å². The summed E-state index contributed by atoms with van der Waals surface area (Å²) in [7, 11) is 0. The standard InChI is InChI=1S/C17H25BrN2/c1-12(13-6-2-3-8-15(13)18)20-17-9-4-7-14(17)16-10-5-11-19-16/h2-3,6,8,12,14,16-17,19-20H,4-5,7,9-11H2,1H3. The van der Waals surface area contributed by atoms with Gasteiger partial charge in [0.25, 0.3) is 0 Å². The third kappa shape index (κ3) is 3.10. The van der Waals surface area contributed by atoms with Gasteiger partial charge in [0.15, 0.2) is 0 Å². The average molecular weight is 337 g/mol. The van der Waals surface area contributed by atoms with Gasteiger partial charge in [-0.15, -0.1) is 0 Å². The average Bonchev–Trinajstić information content (AvgIpc) is 3.09. The lowest BCUT2D eigenvalue weighted by atomic mass is 9.92. The molecule has 0 bridgehead atoms. The van der Waals surface area contributed by atoms with Crippen LogP contribution in [0.15, 0.2) is 28.7 Å². The van der Waals surface area contributed by atoms with E-state index in [9.17, 15) is 0 Å². The van der Waals surface area contributed by atoms with Crippen LogP contribution in [0.4, 0.5) is 0 Å². The van der Waals surface area contributed by atoms with Gasteiger partial charge in [-0.25, -0.2) is 0 Å². The number of hydrogen-bond donors (Lipinski definition) is 2. The lowest BCUT2D eigenvalue weighted by Crippen LogP contribution is -2.43. The van der Waals surface area contributed by atoms with Crippen molar-refractivity contribution in [3.63, 3.8) is 0 Å². The highest BCUT2D eigenvalue weighted by atomic mass is 79.9. The molecule has 0 radical (unpaired) electrons. The molecule has 1 saturated carbocycles. The maximum atomic E-state index is 3.89. The van der Waals surface area contributed by atoms with Gasteiger partial charge in [0.05, 0.1) is 0 Å². The second-order valence-electron chi connectivity index (χ2n) is 6.31. The quantitative estimate of drug-likeness (QED) is 0.867. The van der Waals surface area contributed by atoms with Crippen molar-refractivity contribution in [2.24, 2.45) is 5.92 Å².